The molecule has 0 spiro atoms. The Kier molecular flexibility index (Phi) is 6.02. The van der Waals surface area contributed by atoms with Gasteiger partial charge in [0.2, 0.25) is 0 Å². The van der Waals surface area contributed by atoms with Crippen molar-refractivity contribution >= 4 is 5.97 Å². The number of carbonyl (C=O) groups is 1. The van der Waals surface area contributed by atoms with Crippen LogP contribution in [0.4, 0.5) is 0 Å². The van der Waals surface area contributed by atoms with E-state index in [9.17, 15) is 4.79 Å². The Morgan fingerprint density at radius 2 is 2.10 bits per heavy atom. The molecule has 2 aliphatic rings. The molecule has 0 aromatic rings. The molecule has 0 radical (unpaired) electrons. The standard InChI is InChI=1S/C16H30N2O3/c1-17-16(15(19)20-3)9-4-5-13(16)6-10-18(2)14-7-11-21-12-8-14/h13-14,17H,4-12H2,1-3H3. The van der Waals surface area contributed by atoms with Crippen LogP contribution in [0.3, 0.4) is 0 Å². The molecule has 21 heavy (non-hydrogen) atoms. The normalized spacial score (nSPS) is 30.8. The number of hydrogen-bond donors (Lipinski definition) is 1. The lowest BCUT2D eigenvalue weighted by molar-refractivity contribution is -0.150. The van der Waals surface area contributed by atoms with Gasteiger partial charge in [-0.3, -0.25) is 4.79 Å². The Hall–Kier alpha value is -0.650. The molecule has 5 nitrogen and oxygen atoms in total. The van der Waals surface area contributed by atoms with E-state index in [0.717, 1.165) is 58.3 Å². The number of nitrogens with zero attached hydrogens (tertiary/aromatic N) is 1. The fourth-order valence-corrected chi connectivity index (χ4v) is 4.02. The summed E-state index contributed by atoms with van der Waals surface area (Å²) in [6.45, 7) is 2.79. The fourth-order valence-electron chi connectivity index (χ4n) is 4.02. The molecule has 1 saturated heterocycles. The molecule has 1 aliphatic carbocycles. The maximum absolute atomic E-state index is 12.2. The van der Waals surface area contributed by atoms with Gasteiger partial charge in [0, 0.05) is 19.3 Å². The maximum Gasteiger partial charge on any atom is 0.326 e. The summed E-state index contributed by atoms with van der Waals surface area (Å²) in [5, 5.41) is 3.27. The van der Waals surface area contributed by atoms with Crippen molar-refractivity contribution in [2.75, 3.05) is 41.0 Å². The summed E-state index contributed by atoms with van der Waals surface area (Å²) in [5.41, 5.74) is -0.467. The summed E-state index contributed by atoms with van der Waals surface area (Å²) in [7, 11) is 5.58. The van der Waals surface area contributed by atoms with Gasteiger partial charge in [0.05, 0.1) is 7.11 Å². The first-order valence-electron chi connectivity index (χ1n) is 8.19. The third kappa shape index (κ3) is 3.58. The molecular formula is C16H30N2O3. The molecule has 5 heteroatoms. The van der Waals surface area contributed by atoms with Crippen LogP contribution in [0.2, 0.25) is 0 Å². The Bertz CT molecular complexity index is 344. The molecule has 1 saturated carbocycles. The van der Waals surface area contributed by atoms with Crippen molar-refractivity contribution in [3.8, 4) is 0 Å². The molecule has 2 fully saturated rings. The first kappa shape index (κ1) is 16.7. The van der Waals surface area contributed by atoms with Crippen LogP contribution in [0.5, 0.6) is 0 Å². The van der Waals surface area contributed by atoms with Crippen LogP contribution in [0.15, 0.2) is 0 Å². The Morgan fingerprint density at radius 1 is 1.38 bits per heavy atom. The highest BCUT2D eigenvalue weighted by Gasteiger charge is 2.48. The molecule has 0 amide bonds. The highest BCUT2D eigenvalue weighted by atomic mass is 16.5. The molecule has 1 heterocycles. The molecule has 2 atom stereocenters. The largest absolute Gasteiger partial charge is 0.468 e. The van der Waals surface area contributed by atoms with Gasteiger partial charge in [-0.05, 0) is 58.7 Å². The van der Waals surface area contributed by atoms with E-state index in [1.807, 2.05) is 7.05 Å². The van der Waals surface area contributed by atoms with Gasteiger partial charge >= 0.3 is 5.97 Å². The van der Waals surface area contributed by atoms with Crippen LogP contribution in [0.1, 0.15) is 38.5 Å². The summed E-state index contributed by atoms with van der Waals surface area (Å²) in [6.07, 6.45) is 6.38. The molecule has 0 aromatic carbocycles. The number of esters is 1. The fraction of sp³-hybridized carbons (Fsp3) is 0.938. The summed E-state index contributed by atoms with van der Waals surface area (Å²) in [6, 6.07) is 0.627. The monoisotopic (exact) mass is 298 g/mol. The van der Waals surface area contributed by atoms with Crippen molar-refractivity contribution < 1.29 is 14.3 Å². The van der Waals surface area contributed by atoms with Crippen LogP contribution >= 0.6 is 0 Å². The average molecular weight is 298 g/mol. The molecule has 0 aromatic heterocycles. The predicted octanol–water partition coefficient (Wildman–Crippen LogP) is 1.42. The van der Waals surface area contributed by atoms with Gasteiger partial charge in [0.15, 0.2) is 0 Å². The highest BCUT2D eigenvalue weighted by Crippen LogP contribution is 2.38. The Balaban J connectivity index is 1.90. The molecule has 1 aliphatic heterocycles. The number of rotatable bonds is 6. The Labute approximate surface area is 128 Å². The number of likely N-dealkylation sites (N-methyl/N-ethyl adjacent to an activating group) is 1. The van der Waals surface area contributed by atoms with Crippen LogP contribution in [-0.4, -0.2) is 63.4 Å². The second-order valence-electron chi connectivity index (χ2n) is 6.41. The third-order valence-corrected chi connectivity index (χ3v) is 5.46. The molecule has 2 rings (SSSR count). The first-order valence-corrected chi connectivity index (χ1v) is 8.19. The summed E-state index contributed by atoms with van der Waals surface area (Å²) < 4.78 is 10.5. The zero-order valence-electron chi connectivity index (χ0n) is 13.7. The summed E-state index contributed by atoms with van der Waals surface area (Å²) in [5.74, 6) is 0.276. The third-order valence-electron chi connectivity index (χ3n) is 5.46. The van der Waals surface area contributed by atoms with Gasteiger partial charge < -0.3 is 19.7 Å². The van der Waals surface area contributed by atoms with Crippen molar-refractivity contribution in [1.29, 1.82) is 0 Å². The SMILES string of the molecule is CNC1(C(=O)OC)CCCC1CCN(C)C1CCOCC1. The lowest BCUT2D eigenvalue weighted by Gasteiger charge is -2.35. The molecular weight excluding hydrogens is 268 g/mol. The smallest absolute Gasteiger partial charge is 0.326 e. The average Bonchev–Trinajstić information content (AvgIpc) is 2.96. The van der Waals surface area contributed by atoms with Crippen molar-refractivity contribution in [3.05, 3.63) is 0 Å². The molecule has 0 bridgehead atoms. The second kappa shape index (κ2) is 7.56. The number of methoxy groups -OCH3 is 1. The minimum Gasteiger partial charge on any atom is -0.468 e. The van der Waals surface area contributed by atoms with E-state index in [-0.39, 0.29) is 5.97 Å². The van der Waals surface area contributed by atoms with Gasteiger partial charge in [-0.1, -0.05) is 6.42 Å². The zero-order valence-corrected chi connectivity index (χ0v) is 13.7. The number of hydrogen-bond acceptors (Lipinski definition) is 5. The number of carbonyl (C=O) groups excluding carboxylic acids is 1. The highest BCUT2D eigenvalue weighted by molar-refractivity contribution is 5.81. The van der Waals surface area contributed by atoms with Crippen LogP contribution < -0.4 is 5.32 Å². The van der Waals surface area contributed by atoms with Crippen LogP contribution in [0.25, 0.3) is 0 Å². The Morgan fingerprint density at radius 3 is 2.71 bits per heavy atom. The van der Waals surface area contributed by atoms with Crippen LogP contribution in [0, 0.1) is 5.92 Å². The number of nitrogens with one attached hydrogen (secondary N) is 1. The van der Waals surface area contributed by atoms with Gasteiger partial charge in [0.25, 0.3) is 0 Å². The lowest BCUT2D eigenvalue weighted by Crippen LogP contribution is -2.54. The van der Waals surface area contributed by atoms with Gasteiger partial charge in [0.1, 0.15) is 5.54 Å². The van der Waals surface area contributed by atoms with E-state index in [1.54, 1.807) is 0 Å². The molecule has 1 N–H and O–H groups in total. The maximum atomic E-state index is 12.2. The first-order chi connectivity index (χ1) is 10.1. The lowest BCUT2D eigenvalue weighted by atomic mass is 9.84. The van der Waals surface area contributed by atoms with Gasteiger partial charge in [-0.25, -0.2) is 0 Å². The molecule has 122 valence electrons. The minimum atomic E-state index is -0.467. The van der Waals surface area contributed by atoms with Crippen LogP contribution in [-0.2, 0) is 14.3 Å². The minimum absolute atomic E-state index is 0.0961. The van der Waals surface area contributed by atoms with E-state index in [4.69, 9.17) is 9.47 Å². The quantitative estimate of drug-likeness (QED) is 0.752. The van der Waals surface area contributed by atoms with E-state index in [0.29, 0.717) is 12.0 Å². The van der Waals surface area contributed by atoms with Gasteiger partial charge in [-0.15, -0.1) is 0 Å². The molecule has 2 unspecified atom stereocenters. The summed E-state index contributed by atoms with van der Waals surface area (Å²) >= 11 is 0. The second-order valence-corrected chi connectivity index (χ2v) is 6.41. The van der Waals surface area contributed by atoms with Crippen molar-refractivity contribution in [3.63, 3.8) is 0 Å². The van der Waals surface area contributed by atoms with Crippen molar-refractivity contribution in [2.24, 2.45) is 5.92 Å². The van der Waals surface area contributed by atoms with E-state index >= 15 is 0 Å². The van der Waals surface area contributed by atoms with E-state index < -0.39 is 5.54 Å². The summed E-state index contributed by atoms with van der Waals surface area (Å²) in [4.78, 5) is 14.7. The van der Waals surface area contributed by atoms with E-state index in [1.165, 1.54) is 7.11 Å². The van der Waals surface area contributed by atoms with E-state index in [2.05, 4.69) is 17.3 Å². The van der Waals surface area contributed by atoms with Crippen molar-refractivity contribution in [1.82, 2.24) is 10.2 Å². The topological polar surface area (TPSA) is 50.8 Å². The number of ether oxygens (including phenoxy) is 2. The van der Waals surface area contributed by atoms with Gasteiger partial charge in [-0.2, -0.15) is 0 Å². The predicted molar refractivity (Wildman–Crippen MR) is 82.2 cm³/mol. The van der Waals surface area contributed by atoms with Crippen molar-refractivity contribution in [2.45, 2.75) is 50.1 Å². The zero-order chi connectivity index (χ0) is 15.3.